The Labute approximate surface area is 191 Å². The van der Waals surface area contributed by atoms with E-state index in [0.29, 0.717) is 28.6 Å². The Kier molecular flexibility index (Phi) is 6.17. The standard InChI is InChI=1S/C25H32N2O4S/c1-9-12-27-21-13-20(10-11-22(21)31-14-25(7,8)24(27)28)26-32(29,30)23-18(5)16(3)15(2)17(4)19(23)6/h9-11,13,26H,1,12,14H2,2-8H3. The normalized spacial score (nSPS) is 15.6. The number of anilines is 2. The molecule has 0 aliphatic carbocycles. The molecule has 0 saturated carbocycles. The van der Waals surface area contributed by atoms with Gasteiger partial charge in [0.25, 0.3) is 10.0 Å². The third kappa shape index (κ3) is 4.01. The van der Waals surface area contributed by atoms with Gasteiger partial charge in [-0.05, 0) is 94.5 Å². The number of nitrogens with zero attached hydrogens (tertiary/aromatic N) is 1. The van der Waals surface area contributed by atoms with Gasteiger partial charge < -0.3 is 9.64 Å². The number of amides is 1. The Balaban J connectivity index is 2.09. The zero-order valence-corrected chi connectivity index (χ0v) is 20.7. The molecule has 2 aromatic rings. The lowest BCUT2D eigenvalue weighted by Crippen LogP contribution is -2.42. The molecule has 172 valence electrons. The first kappa shape index (κ1) is 23.9. The lowest BCUT2D eigenvalue weighted by atomic mass is 9.93. The maximum Gasteiger partial charge on any atom is 0.262 e. The van der Waals surface area contributed by atoms with Crippen molar-refractivity contribution in [2.75, 3.05) is 22.8 Å². The lowest BCUT2D eigenvalue weighted by Gasteiger charge is -2.27. The van der Waals surface area contributed by atoms with Crippen LogP contribution in [0.1, 0.15) is 41.7 Å². The zero-order chi connectivity index (χ0) is 24.0. The highest BCUT2D eigenvalue weighted by atomic mass is 32.2. The maximum absolute atomic E-state index is 13.4. The van der Waals surface area contributed by atoms with Crippen LogP contribution in [0.4, 0.5) is 11.4 Å². The van der Waals surface area contributed by atoms with Crippen LogP contribution in [0.2, 0.25) is 0 Å². The Morgan fingerprint density at radius 3 is 2.19 bits per heavy atom. The summed E-state index contributed by atoms with van der Waals surface area (Å²) in [7, 11) is -3.85. The van der Waals surface area contributed by atoms with Gasteiger partial charge in [-0.25, -0.2) is 8.42 Å². The van der Waals surface area contributed by atoms with Gasteiger partial charge in [-0.2, -0.15) is 0 Å². The monoisotopic (exact) mass is 456 g/mol. The van der Waals surface area contributed by atoms with Crippen molar-refractivity contribution < 1.29 is 17.9 Å². The second-order valence-electron chi connectivity index (χ2n) is 9.12. The predicted octanol–water partition coefficient (Wildman–Crippen LogP) is 4.97. The number of carbonyl (C=O) groups is 1. The van der Waals surface area contributed by atoms with E-state index in [0.717, 1.165) is 27.8 Å². The molecule has 0 aromatic heterocycles. The van der Waals surface area contributed by atoms with E-state index in [1.54, 1.807) is 29.2 Å². The van der Waals surface area contributed by atoms with Gasteiger partial charge in [-0.1, -0.05) is 6.08 Å². The summed E-state index contributed by atoms with van der Waals surface area (Å²) in [5, 5.41) is 0. The molecule has 1 N–H and O–H groups in total. The van der Waals surface area contributed by atoms with E-state index in [-0.39, 0.29) is 12.5 Å². The summed E-state index contributed by atoms with van der Waals surface area (Å²) in [5.41, 5.74) is 4.68. The summed E-state index contributed by atoms with van der Waals surface area (Å²) in [6.07, 6.45) is 1.64. The number of fused-ring (bicyclic) bond motifs is 1. The molecule has 1 amide bonds. The molecular formula is C25H32N2O4S. The highest BCUT2D eigenvalue weighted by Crippen LogP contribution is 2.39. The molecule has 1 aliphatic rings. The Hall–Kier alpha value is -2.80. The fraction of sp³-hybridized carbons (Fsp3) is 0.400. The molecule has 1 heterocycles. The Bertz CT molecular complexity index is 1180. The van der Waals surface area contributed by atoms with Crippen LogP contribution in [0.3, 0.4) is 0 Å². The minimum atomic E-state index is -3.85. The van der Waals surface area contributed by atoms with Crippen LogP contribution in [-0.4, -0.2) is 27.5 Å². The average molecular weight is 457 g/mol. The van der Waals surface area contributed by atoms with Crippen molar-refractivity contribution in [3.8, 4) is 5.75 Å². The molecule has 0 saturated heterocycles. The molecule has 32 heavy (non-hydrogen) atoms. The van der Waals surface area contributed by atoms with Crippen molar-refractivity contribution >= 4 is 27.3 Å². The number of nitrogens with one attached hydrogen (secondary N) is 1. The van der Waals surface area contributed by atoms with Crippen molar-refractivity contribution in [2.45, 2.75) is 53.4 Å². The number of ether oxygens (including phenoxy) is 1. The molecule has 1 aliphatic heterocycles. The van der Waals surface area contributed by atoms with Crippen LogP contribution in [0, 0.1) is 40.0 Å². The maximum atomic E-state index is 13.4. The van der Waals surface area contributed by atoms with Gasteiger partial charge in [0, 0.05) is 6.54 Å². The highest BCUT2D eigenvalue weighted by molar-refractivity contribution is 7.92. The summed E-state index contributed by atoms with van der Waals surface area (Å²) >= 11 is 0. The molecule has 0 spiro atoms. The Morgan fingerprint density at radius 1 is 1.06 bits per heavy atom. The first-order valence-electron chi connectivity index (χ1n) is 10.6. The van der Waals surface area contributed by atoms with Gasteiger partial charge in [0.2, 0.25) is 5.91 Å². The zero-order valence-electron chi connectivity index (χ0n) is 19.9. The van der Waals surface area contributed by atoms with E-state index in [2.05, 4.69) is 11.3 Å². The SMILES string of the molecule is C=CCN1C(=O)C(C)(C)COc2ccc(NS(=O)(=O)c3c(C)c(C)c(C)c(C)c3C)cc21. The van der Waals surface area contributed by atoms with E-state index in [9.17, 15) is 13.2 Å². The second-order valence-corrected chi connectivity index (χ2v) is 10.7. The summed E-state index contributed by atoms with van der Waals surface area (Å²) in [5.74, 6) is 0.427. The smallest absolute Gasteiger partial charge is 0.262 e. The third-order valence-corrected chi connectivity index (χ3v) is 8.08. The number of hydrogen-bond acceptors (Lipinski definition) is 4. The summed E-state index contributed by atoms with van der Waals surface area (Å²) in [6.45, 7) is 17.5. The summed E-state index contributed by atoms with van der Waals surface area (Å²) in [4.78, 5) is 15.0. The molecule has 6 nitrogen and oxygen atoms in total. The lowest BCUT2D eigenvalue weighted by molar-refractivity contribution is -0.127. The molecule has 0 fully saturated rings. The van der Waals surface area contributed by atoms with Crippen molar-refractivity contribution in [1.82, 2.24) is 0 Å². The highest BCUT2D eigenvalue weighted by Gasteiger charge is 2.37. The van der Waals surface area contributed by atoms with Crippen molar-refractivity contribution in [2.24, 2.45) is 5.41 Å². The number of rotatable bonds is 5. The topological polar surface area (TPSA) is 75.7 Å². The molecule has 2 aromatic carbocycles. The average Bonchev–Trinajstić information content (AvgIpc) is 2.81. The van der Waals surface area contributed by atoms with Crippen LogP contribution in [0.15, 0.2) is 35.7 Å². The summed E-state index contributed by atoms with van der Waals surface area (Å²) in [6, 6.07) is 5.00. The molecular weight excluding hydrogens is 424 g/mol. The van der Waals surface area contributed by atoms with Crippen LogP contribution in [-0.2, 0) is 14.8 Å². The van der Waals surface area contributed by atoms with Gasteiger partial charge >= 0.3 is 0 Å². The van der Waals surface area contributed by atoms with Gasteiger partial charge in [0.1, 0.15) is 12.4 Å². The first-order chi connectivity index (χ1) is 14.8. The number of hydrogen-bond donors (Lipinski definition) is 1. The fourth-order valence-corrected chi connectivity index (χ4v) is 5.75. The van der Waals surface area contributed by atoms with Crippen molar-refractivity contribution in [3.63, 3.8) is 0 Å². The van der Waals surface area contributed by atoms with Gasteiger partial charge in [0.05, 0.1) is 21.7 Å². The molecule has 3 rings (SSSR count). The van der Waals surface area contributed by atoms with E-state index >= 15 is 0 Å². The van der Waals surface area contributed by atoms with E-state index < -0.39 is 15.4 Å². The van der Waals surface area contributed by atoms with Crippen LogP contribution >= 0.6 is 0 Å². The van der Waals surface area contributed by atoms with E-state index in [4.69, 9.17) is 4.74 Å². The van der Waals surface area contributed by atoms with E-state index in [1.165, 1.54) is 0 Å². The number of benzene rings is 2. The minimum Gasteiger partial charge on any atom is -0.490 e. The molecule has 0 atom stereocenters. The third-order valence-electron chi connectivity index (χ3n) is 6.43. The van der Waals surface area contributed by atoms with Crippen molar-refractivity contribution in [1.29, 1.82) is 0 Å². The number of carbonyl (C=O) groups excluding carboxylic acids is 1. The second kappa shape index (κ2) is 8.28. The predicted molar refractivity (Wildman–Crippen MR) is 129 cm³/mol. The minimum absolute atomic E-state index is 0.104. The van der Waals surface area contributed by atoms with Gasteiger partial charge in [-0.15, -0.1) is 6.58 Å². The van der Waals surface area contributed by atoms with Gasteiger partial charge in [-0.3, -0.25) is 9.52 Å². The molecule has 0 unspecified atom stereocenters. The first-order valence-corrected chi connectivity index (χ1v) is 12.1. The molecule has 0 radical (unpaired) electrons. The quantitative estimate of drug-likeness (QED) is 0.645. The van der Waals surface area contributed by atoms with E-state index in [1.807, 2.05) is 48.5 Å². The molecule has 0 bridgehead atoms. The van der Waals surface area contributed by atoms with Gasteiger partial charge in [0.15, 0.2) is 0 Å². The van der Waals surface area contributed by atoms with Crippen LogP contribution in [0.5, 0.6) is 5.75 Å². The van der Waals surface area contributed by atoms with Crippen LogP contribution < -0.4 is 14.4 Å². The van der Waals surface area contributed by atoms with Crippen LogP contribution in [0.25, 0.3) is 0 Å². The summed E-state index contributed by atoms with van der Waals surface area (Å²) < 4.78 is 35.5. The van der Waals surface area contributed by atoms with Crippen molar-refractivity contribution in [3.05, 3.63) is 58.7 Å². The largest absolute Gasteiger partial charge is 0.490 e. The fourth-order valence-electron chi connectivity index (χ4n) is 4.09. The number of sulfonamides is 1. The Morgan fingerprint density at radius 2 is 1.62 bits per heavy atom. The molecule has 7 heteroatoms.